The van der Waals surface area contributed by atoms with Gasteiger partial charge in [0.05, 0.1) is 5.56 Å². The average Bonchev–Trinajstić information content (AvgIpc) is 2.87. The number of fused-ring (bicyclic) bond motifs is 1. The minimum atomic E-state index is -4.85. The summed E-state index contributed by atoms with van der Waals surface area (Å²) >= 11 is 1.73. The van der Waals surface area contributed by atoms with E-state index in [1.54, 1.807) is 17.7 Å². The zero-order valence-electron chi connectivity index (χ0n) is 19.6. The van der Waals surface area contributed by atoms with Crippen LogP contribution in [0.2, 0.25) is 0 Å². The van der Waals surface area contributed by atoms with Crippen LogP contribution in [0, 0.1) is 35.3 Å². The van der Waals surface area contributed by atoms with Crippen molar-refractivity contribution in [3.05, 3.63) is 89.2 Å². The fourth-order valence-electron chi connectivity index (χ4n) is 3.38. The van der Waals surface area contributed by atoms with Crippen LogP contribution >= 0.6 is 11.8 Å². The Morgan fingerprint density at radius 3 is 2.22 bits per heavy atom. The van der Waals surface area contributed by atoms with Gasteiger partial charge < -0.3 is 0 Å². The Balaban J connectivity index is 1.51. The maximum absolute atomic E-state index is 14.6. The number of alkyl halides is 3. The van der Waals surface area contributed by atoms with E-state index >= 15 is 0 Å². The van der Waals surface area contributed by atoms with E-state index in [0.29, 0.717) is 17.0 Å². The van der Waals surface area contributed by atoms with Crippen molar-refractivity contribution in [3.63, 3.8) is 0 Å². The Kier molecular flexibility index (Phi) is 8.11. The van der Waals surface area contributed by atoms with Crippen LogP contribution in [0.1, 0.15) is 36.5 Å². The molecule has 1 heterocycles. The number of rotatable bonds is 5. The van der Waals surface area contributed by atoms with Gasteiger partial charge in [0.1, 0.15) is 11.6 Å². The Labute approximate surface area is 215 Å². The van der Waals surface area contributed by atoms with Crippen LogP contribution in [0.25, 0.3) is 22.2 Å². The second-order valence-corrected chi connectivity index (χ2v) is 9.17. The van der Waals surface area contributed by atoms with Gasteiger partial charge in [-0.05, 0) is 60.0 Å². The number of unbranched alkanes of at least 4 members (excludes halogenated alkanes) is 1. The molecule has 8 heteroatoms. The van der Waals surface area contributed by atoms with Crippen LogP contribution in [0.15, 0.2) is 65.8 Å². The van der Waals surface area contributed by atoms with E-state index in [1.807, 2.05) is 36.7 Å². The monoisotopic (exact) mass is 522 g/mol. The van der Waals surface area contributed by atoms with Crippen LogP contribution in [-0.4, -0.2) is 21.9 Å². The van der Waals surface area contributed by atoms with Gasteiger partial charge in [-0.25, -0.2) is 18.7 Å². The van der Waals surface area contributed by atoms with Crippen LogP contribution < -0.4 is 0 Å². The van der Waals surface area contributed by atoms with Crippen molar-refractivity contribution in [2.45, 2.75) is 30.8 Å². The molecule has 0 aliphatic rings. The van der Waals surface area contributed by atoms with Crippen molar-refractivity contribution < 1.29 is 22.0 Å². The van der Waals surface area contributed by atoms with Gasteiger partial charge in [-0.1, -0.05) is 37.2 Å². The first-order valence-electron chi connectivity index (χ1n) is 11.3. The molecule has 4 rings (SSSR count). The first kappa shape index (κ1) is 26.2. The molecular weight excluding hydrogens is 503 g/mol. The number of halogens is 5. The zero-order chi connectivity index (χ0) is 26.4. The SMILES string of the molecule is CCCCSc1cnc(-c2ccc(C#Cc3ccc4c(F)c(C#CC(F)(F)F)c(F)cc4c3)cc2)nc1. The molecule has 2 nitrogen and oxygen atoms in total. The number of hydrogen-bond donors (Lipinski definition) is 0. The molecule has 0 fully saturated rings. The minimum Gasteiger partial charge on any atom is -0.235 e. The molecule has 0 atom stereocenters. The molecule has 0 unspecified atom stereocenters. The van der Waals surface area contributed by atoms with Crippen molar-refractivity contribution in [1.82, 2.24) is 9.97 Å². The van der Waals surface area contributed by atoms with Crippen LogP contribution in [0.5, 0.6) is 0 Å². The highest BCUT2D eigenvalue weighted by atomic mass is 32.2. The van der Waals surface area contributed by atoms with Gasteiger partial charge in [0.2, 0.25) is 0 Å². The minimum absolute atomic E-state index is 0.0439. The molecule has 0 N–H and O–H groups in total. The predicted molar refractivity (Wildman–Crippen MR) is 136 cm³/mol. The van der Waals surface area contributed by atoms with Crippen LogP contribution in [0.4, 0.5) is 22.0 Å². The smallest absolute Gasteiger partial charge is 0.235 e. The summed E-state index contributed by atoms with van der Waals surface area (Å²) < 4.78 is 65.8. The van der Waals surface area contributed by atoms with E-state index in [9.17, 15) is 22.0 Å². The van der Waals surface area contributed by atoms with Gasteiger partial charge in [0.15, 0.2) is 5.82 Å². The normalized spacial score (nSPS) is 11.0. The molecule has 0 spiro atoms. The Morgan fingerprint density at radius 1 is 0.865 bits per heavy atom. The second kappa shape index (κ2) is 11.5. The number of aromatic nitrogens is 2. The van der Waals surface area contributed by atoms with Gasteiger partial charge in [-0.3, -0.25) is 0 Å². The van der Waals surface area contributed by atoms with E-state index in [2.05, 4.69) is 28.7 Å². The highest BCUT2D eigenvalue weighted by molar-refractivity contribution is 7.99. The molecule has 0 saturated heterocycles. The first-order chi connectivity index (χ1) is 17.7. The lowest BCUT2D eigenvalue weighted by Crippen LogP contribution is -2.02. The van der Waals surface area contributed by atoms with E-state index in [1.165, 1.54) is 18.2 Å². The lowest BCUT2D eigenvalue weighted by atomic mass is 10.0. The molecule has 4 aromatic rings. The van der Waals surface area contributed by atoms with Gasteiger partial charge in [-0.2, -0.15) is 13.2 Å². The summed E-state index contributed by atoms with van der Waals surface area (Å²) in [6.45, 7) is 2.15. The number of thioether (sulfide) groups is 1. The number of nitrogens with zero attached hydrogens (tertiary/aromatic N) is 2. The predicted octanol–water partition coefficient (Wildman–Crippen LogP) is 7.78. The molecule has 0 bridgehead atoms. The van der Waals surface area contributed by atoms with Crippen molar-refractivity contribution >= 4 is 22.5 Å². The fraction of sp³-hybridized carbons (Fsp3) is 0.172. The van der Waals surface area contributed by atoms with E-state index in [4.69, 9.17) is 0 Å². The summed E-state index contributed by atoms with van der Waals surface area (Å²) in [7, 11) is 0. The molecule has 186 valence electrons. The molecule has 1 aromatic heterocycles. The highest BCUT2D eigenvalue weighted by Crippen LogP contribution is 2.25. The number of benzene rings is 3. The topological polar surface area (TPSA) is 25.8 Å². The zero-order valence-corrected chi connectivity index (χ0v) is 20.4. The maximum Gasteiger partial charge on any atom is 0.458 e. The Hall–Kier alpha value is -3.88. The summed E-state index contributed by atoms with van der Waals surface area (Å²) in [5, 5.41) is 0.126. The lowest BCUT2D eigenvalue weighted by molar-refractivity contribution is -0.0696. The summed E-state index contributed by atoms with van der Waals surface area (Å²) in [6.07, 6.45) is 1.06. The van der Waals surface area contributed by atoms with E-state index in [-0.39, 0.29) is 10.8 Å². The van der Waals surface area contributed by atoms with Gasteiger partial charge in [0.25, 0.3) is 0 Å². The second-order valence-electron chi connectivity index (χ2n) is 8.00. The first-order valence-corrected chi connectivity index (χ1v) is 12.3. The standard InChI is InChI=1S/C29H19F5N2S/c1-2-3-14-37-23-17-35-28(36-18-23)21-9-6-19(7-10-21)4-5-20-8-11-24-22(15-20)16-26(30)25(27(24)31)12-13-29(32,33)34/h6-11,15-18H,2-3,14H2,1H3. The van der Waals surface area contributed by atoms with Crippen LogP contribution in [0.3, 0.4) is 0 Å². The molecule has 37 heavy (non-hydrogen) atoms. The molecule has 0 aliphatic heterocycles. The summed E-state index contributed by atoms with van der Waals surface area (Å²) in [6, 6.07) is 12.6. The van der Waals surface area contributed by atoms with Crippen molar-refractivity contribution in [3.8, 4) is 35.1 Å². The maximum atomic E-state index is 14.6. The van der Waals surface area contributed by atoms with E-state index < -0.39 is 23.4 Å². The fourth-order valence-corrected chi connectivity index (χ4v) is 4.30. The van der Waals surface area contributed by atoms with Crippen molar-refractivity contribution in [2.24, 2.45) is 0 Å². The van der Waals surface area contributed by atoms with Crippen LogP contribution in [-0.2, 0) is 0 Å². The summed E-state index contributed by atoms with van der Waals surface area (Å²) in [5.41, 5.74) is 1.13. The number of hydrogen-bond acceptors (Lipinski definition) is 3. The lowest BCUT2D eigenvalue weighted by Gasteiger charge is -2.05. The molecule has 0 aliphatic carbocycles. The molecule has 0 radical (unpaired) electrons. The third-order valence-corrected chi connectivity index (χ3v) is 6.28. The third kappa shape index (κ3) is 6.87. The van der Waals surface area contributed by atoms with Gasteiger partial charge in [-0.15, -0.1) is 11.8 Å². The molecule has 3 aromatic carbocycles. The van der Waals surface area contributed by atoms with Gasteiger partial charge >= 0.3 is 6.18 Å². The van der Waals surface area contributed by atoms with Crippen molar-refractivity contribution in [2.75, 3.05) is 5.75 Å². The summed E-state index contributed by atoms with van der Waals surface area (Å²) in [4.78, 5) is 9.89. The molecule has 0 saturated carbocycles. The summed E-state index contributed by atoms with van der Waals surface area (Å²) in [5.74, 6) is 7.70. The van der Waals surface area contributed by atoms with Gasteiger partial charge in [0, 0.05) is 45.3 Å². The largest absolute Gasteiger partial charge is 0.458 e. The Morgan fingerprint density at radius 2 is 1.54 bits per heavy atom. The quantitative estimate of drug-likeness (QED) is 0.116. The van der Waals surface area contributed by atoms with Crippen molar-refractivity contribution in [1.29, 1.82) is 0 Å². The highest BCUT2D eigenvalue weighted by Gasteiger charge is 2.24. The van der Waals surface area contributed by atoms with E-state index in [0.717, 1.165) is 41.0 Å². The molecule has 0 amide bonds. The Bertz CT molecular complexity index is 1540. The third-order valence-electron chi connectivity index (χ3n) is 5.25. The average molecular weight is 523 g/mol. The molecular formula is C29H19F5N2S.